The third-order valence-electron chi connectivity index (χ3n) is 3.80. The van der Waals surface area contributed by atoms with Gasteiger partial charge in [-0.25, -0.2) is 4.98 Å². The van der Waals surface area contributed by atoms with Crippen molar-refractivity contribution in [2.75, 3.05) is 18.0 Å². The number of aromatic nitrogens is 1. The zero-order valence-corrected chi connectivity index (χ0v) is 11.1. The van der Waals surface area contributed by atoms with Crippen LogP contribution in [0.25, 0.3) is 0 Å². The van der Waals surface area contributed by atoms with E-state index in [0.717, 1.165) is 37.3 Å². The summed E-state index contributed by atoms with van der Waals surface area (Å²) in [5.41, 5.74) is 0.901. The molecule has 0 bridgehead atoms. The monoisotopic (exact) mass is 250 g/mol. The van der Waals surface area contributed by atoms with Crippen LogP contribution in [0.1, 0.15) is 38.4 Å². The third kappa shape index (κ3) is 3.00. The summed E-state index contributed by atoms with van der Waals surface area (Å²) in [7, 11) is 0. The van der Waals surface area contributed by atoms with Gasteiger partial charge in [-0.15, -0.1) is 0 Å². The van der Waals surface area contributed by atoms with E-state index in [0.29, 0.717) is 5.92 Å². The Morgan fingerprint density at radius 1 is 1.28 bits per heavy atom. The van der Waals surface area contributed by atoms with Gasteiger partial charge in [0.2, 0.25) is 0 Å². The summed E-state index contributed by atoms with van der Waals surface area (Å²) < 4.78 is 0. The molecule has 2 unspecified atom stereocenters. The molecule has 1 aliphatic heterocycles. The molecule has 4 heteroatoms. The predicted molar refractivity (Wildman–Crippen MR) is 71.5 cm³/mol. The number of aliphatic hydroxyl groups is 2. The molecule has 4 nitrogen and oxygen atoms in total. The second-order valence-electron chi connectivity index (χ2n) is 5.19. The fourth-order valence-corrected chi connectivity index (χ4v) is 2.48. The lowest BCUT2D eigenvalue weighted by atomic mass is 9.92. The smallest absolute Gasteiger partial charge is 0.128 e. The van der Waals surface area contributed by atoms with Crippen LogP contribution in [-0.4, -0.2) is 34.4 Å². The first-order chi connectivity index (χ1) is 8.58. The molecule has 18 heavy (non-hydrogen) atoms. The maximum absolute atomic E-state index is 9.58. The summed E-state index contributed by atoms with van der Waals surface area (Å²) in [5.74, 6) is 1.33. The second-order valence-corrected chi connectivity index (χ2v) is 5.19. The number of pyridine rings is 1. The van der Waals surface area contributed by atoms with E-state index in [1.165, 1.54) is 0 Å². The van der Waals surface area contributed by atoms with Gasteiger partial charge in [0.15, 0.2) is 0 Å². The van der Waals surface area contributed by atoms with Crippen LogP contribution in [0.4, 0.5) is 5.82 Å². The highest BCUT2D eigenvalue weighted by Gasteiger charge is 2.23. The summed E-state index contributed by atoms with van der Waals surface area (Å²) in [5, 5.41) is 19.2. The largest absolute Gasteiger partial charge is 0.393 e. The molecule has 0 radical (unpaired) electrons. The molecule has 2 heterocycles. The molecule has 100 valence electrons. The van der Waals surface area contributed by atoms with E-state index in [1.807, 2.05) is 19.1 Å². The lowest BCUT2D eigenvalue weighted by Gasteiger charge is -2.34. The van der Waals surface area contributed by atoms with E-state index in [-0.39, 0.29) is 6.10 Å². The van der Waals surface area contributed by atoms with Gasteiger partial charge < -0.3 is 15.1 Å². The Morgan fingerprint density at radius 2 is 1.94 bits per heavy atom. The molecule has 1 aromatic rings. The average molecular weight is 250 g/mol. The first-order valence-corrected chi connectivity index (χ1v) is 6.65. The molecule has 0 aromatic carbocycles. The standard InChI is InChI=1S/C14H22N2O2/c1-10(17)12-4-7-16(8-5-12)14-9-13(11(2)18)3-6-15-14/h3,6,9-12,17-18H,4-5,7-8H2,1-2H3. The van der Waals surface area contributed by atoms with Crippen molar-refractivity contribution < 1.29 is 10.2 Å². The van der Waals surface area contributed by atoms with Crippen molar-refractivity contribution in [1.29, 1.82) is 0 Å². The number of piperidine rings is 1. The van der Waals surface area contributed by atoms with Crippen LogP contribution in [0.3, 0.4) is 0 Å². The second kappa shape index (κ2) is 5.67. The van der Waals surface area contributed by atoms with Crippen molar-refractivity contribution in [2.45, 2.75) is 38.9 Å². The van der Waals surface area contributed by atoms with Gasteiger partial charge >= 0.3 is 0 Å². The van der Waals surface area contributed by atoms with Gasteiger partial charge in [-0.2, -0.15) is 0 Å². The van der Waals surface area contributed by atoms with Gasteiger partial charge in [0, 0.05) is 19.3 Å². The lowest BCUT2D eigenvalue weighted by molar-refractivity contribution is 0.110. The first kappa shape index (κ1) is 13.3. The van der Waals surface area contributed by atoms with Gasteiger partial charge in [-0.1, -0.05) is 0 Å². The van der Waals surface area contributed by atoms with Crippen molar-refractivity contribution in [3.05, 3.63) is 23.9 Å². The van der Waals surface area contributed by atoms with Crippen LogP contribution in [0.15, 0.2) is 18.3 Å². The molecule has 2 atom stereocenters. The molecular weight excluding hydrogens is 228 g/mol. The van der Waals surface area contributed by atoms with Gasteiger partial charge in [-0.05, 0) is 50.3 Å². The van der Waals surface area contributed by atoms with E-state index in [2.05, 4.69) is 9.88 Å². The Labute approximate surface area is 108 Å². The normalized spacial score (nSPS) is 20.8. The lowest BCUT2D eigenvalue weighted by Crippen LogP contribution is -2.37. The number of aliphatic hydroxyl groups excluding tert-OH is 2. The van der Waals surface area contributed by atoms with Crippen molar-refractivity contribution in [2.24, 2.45) is 5.92 Å². The summed E-state index contributed by atoms with van der Waals surface area (Å²) in [6.07, 6.45) is 3.07. The highest BCUT2D eigenvalue weighted by Crippen LogP contribution is 2.25. The van der Waals surface area contributed by atoms with Crippen molar-refractivity contribution in [3.63, 3.8) is 0 Å². The van der Waals surface area contributed by atoms with Crippen LogP contribution in [0.2, 0.25) is 0 Å². The van der Waals surface area contributed by atoms with Crippen molar-refractivity contribution >= 4 is 5.82 Å². The number of anilines is 1. The fourth-order valence-electron chi connectivity index (χ4n) is 2.48. The van der Waals surface area contributed by atoms with Gasteiger partial charge in [-0.3, -0.25) is 0 Å². The Morgan fingerprint density at radius 3 is 2.50 bits per heavy atom. The Kier molecular flexibility index (Phi) is 4.19. The molecule has 0 spiro atoms. The van der Waals surface area contributed by atoms with Crippen LogP contribution in [0.5, 0.6) is 0 Å². The maximum Gasteiger partial charge on any atom is 0.128 e. The summed E-state index contributed by atoms with van der Waals surface area (Å²) in [4.78, 5) is 6.59. The van der Waals surface area contributed by atoms with E-state index >= 15 is 0 Å². The fraction of sp³-hybridized carbons (Fsp3) is 0.643. The van der Waals surface area contributed by atoms with Crippen LogP contribution >= 0.6 is 0 Å². The number of hydrogen-bond acceptors (Lipinski definition) is 4. The minimum absolute atomic E-state index is 0.219. The summed E-state index contributed by atoms with van der Waals surface area (Å²) >= 11 is 0. The van der Waals surface area contributed by atoms with E-state index in [9.17, 15) is 10.2 Å². The van der Waals surface area contributed by atoms with Crippen LogP contribution < -0.4 is 4.90 Å². The third-order valence-corrected chi connectivity index (χ3v) is 3.80. The van der Waals surface area contributed by atoms with Gasteiger partial charge in [0.1, 0.15) is 5.82 Å². The molecule has 2 N–H and O–H groups in total. The first-order valence-electron chi connectivity index (χ1n) is 6.65. The minimum atomic E-state index is -0.457. The highest BCUT2D eigenvalue weighted by atomic mass is 16.3. The predicted octanol–water partition coefficient (Wildman–Crippen LogP) is 1.73. The summed E-state index contributed by atoms with van der Waals surface area (Å²) in [6, 6.07) is 3.80. The Balaban J connectivity index is 2.03. The zero-order valence-electron chi connectivity index (χ0n) is 11.1. The molecule has 0 saturated carbocycles. The average Bonchev–Trinajstić information content (AvgIpc) is 2.39. The van der Waals surface area contributed by atoms with Gasteiger partial charge in [0.25, 0.3) is 0 Å². The van der Waals surface area contributed by atoms with E-state index in [4.69, 9.17) is 0 Å². The minimum Gasteiger partial charge on any atom is -0.393 e. The molecule has 1 aromatic heterocycles. The highest BCUT2D eigenvalue weighted by molar-refractivity contribution is 5.41. The number of rotatable bonds is 3. The molecule has 0 amide bonds. The molecular formula is C14H22N2O2. The Bertz CT molecular complexity index is 385. The Hall–Kier alpha value is -1.13. The SMILES string of the molecule is CC(O)c1ccnc(N2CCC(C(C)O)CC2)c1. The molecule has 2 rings (SSSR count). The molecule has 0 aliphatic carbocycles. The van der Waals surface area contributed by atoms with E-state index in [1.54, 1.807) is 13.1 Å². The number of nitrogens with zero attached hydrogens (tertiary/aromatic N) is 2. The van der Waals surface area contributed by atoms with E-state index < -0.39 is 6.10 Å². The molecule has 1 aliphatic rings. The van der Waals surface area contributed by atoms with Crippen LogP contribution in [0, 0.1) is 5.92 Å². The van der Waals surface area contributed by atoms with Crippen molar-refractivity contribution in [3.8, 4) is 0 Å². The molecule has 1 fully saturated rings. The number of hydrogen-bond donors (Lipinski definition) is 2. The van der Waals surface area contributed by atoms with Gasteiger partial charge in [0.05, 0.1) is 12.2 Å². The summed E-state index contributed by atoms with van der Waals surface area (Å²) in [6.45, 7) is 5.48. The molecule has 1 saturated heterocycles. The quantitative estimate of drug-likeness (QED) is 0.858. The maximum atomic E-state index is 9.58. The van der Waals surface area contributed by atoms with Crippen molar-refractivity contribution in [1.82, 2.24) is 4.98 Å². The topological polar surface area (TPSA) is 56.6 Å². The van der Waals surface area contributed by atoms with Crippen LogP contribution in [-0.2, 0) is 0 Å². The zero-order chi connectivity index (χ0) is 13.1.